The summed E-state index contributed by atoms with van der Waals surface area (Å²) in [5, 5.41) is 31.4. The highest BCUT2D eigenvalue weighted by molar-refractivity contribution is 5.74. The van der Waals surface area contributed by atoms with Gasteiger partial charge in [0.2, 0.25) is 0 Å². The van der Waals surface area contributed by atoms with Gasteiger partial charge in [-0.15, -0.1) is 0 Å². The van der Waals surface area contributed by atoms with Crippen molar-refractivity contribution in [2.45, 2.75) is 289 Å². The standard InChI is InChI=1S/C61H104O12/c1-4-7-10-13-16-19-22-24-26-27-29-30-33-35-38-41-44-47-53(62)69-50-52(71-54(63)48-45-42-39-37-34-31-28-25-23-20-17-14-11-8-5-2)51-70-61-59(57(66)56(65)58(73-61)60(67)68)72-55(64)49-46-43-40-36-32-21-18-15-12-9-6-3/h8,11,15,17-18,20,25,28,34,37,52,56-59,61,65-66H,4-7,9-10,12-14,16,19,21-24,26-27,29-33,35-36,38-51H2,1-3H3,(H,67,68)/b11-8-,18-15-,20-17-,28-25-,37-34-. The number of aliphatic carboxylic acids is 1. The van der Waals surface area contributed by atoms with Crippen LogP contribution in [0.15, 0.2) is 60.8 Å². The summed E-state index contributed by atoms with van der Waals surface area (Å²) in [6.45, 7) is 5.80. The van der Waals surface area contributed by atoms with Crippen LogP contribution in [-0.2, 0) is 42.9 Å². The minimum Gasteiger partial charge on any atom is -0.479 e. The average Bonchev–Trinajstić information content (AvgIpc) is 3.37. The van der Waals surface area contributed by atoms with Gasteiger partial charge in [-0.25, -0.2) is 4.79 Å². The number of aliphatic hydroxyl groups excluding tert-OH is 2. The van der Waals surface area contributed by atoms with Crippen molar-refractivity contribution in [3.8, 4) is 0 Å². The fourth-order valence-corrected chi connectivity index (χ4v) is 8.58. The van der Waals surface area contributed by atoms with E-state index in [1.54, 1.807) is 0 Å². The van der Waals surface area contributed by atoms with Crippen LogP contribution < -0.4 is 0 Å². The van der Waals surface area contributed by atoms with Crippen molar-refractivity contribution in [3.05, 3.63) is 60.8 Å². The van der Waals surface area contributed by atoms with Crippen molar-refractivity contribution in [3.63, 3.8) is 0 Å². The van der Waals surface area contributed by atoms with E-state index in [1.165, 1.54) is 96.3 Å². The van der Waals surface area contributed by atoms with Crippen LogP contribution in [0.25, 0.3) is 0 Å². The molecule has 12 nitrogen and oxygen atoms in total. The van der Waals surface area contributed by atoms with Crippen LogP contribution in [0.2, 0.25) is 0 Å². The number of aliphatic hydroxyl groups is 2. The third kappa shape index (κ3) is 39.5. The van der Waals surface area contributed by atoms with Gasteiger partial charge >= 0.3 is 23.9 Å². The maximum absolute atomic E-state index is 13.1. The van der Waals surface area contributed by atoms with Crippen molar-refractivity contribution in [1.29, 1.82) is 0 Å². The Bertz CT molecular complexity index is 1500. The number of esters is 3. The summed E-state index contributed by atoms with van der Waals surface area (Å²) in [7, 11) is 0. The zero-order chi connectivity index (χ0) is 53.3. The van der Waals surface area contributed by atoms with Crippen molar-refractivity contribution in [1.82, 2.24) is 0 Å². The molecule has 0 aromatic rings. The molecule has 12 heteroatoms. The Morgan fingerprint density at radius 3 is 1.40 bits per heavy atom. The smallest absolute Gasteiger partial charge is 0.335 e. The van der Waals surface area contributed by atoms with Crippen LogP contribution in [0.3, 0.4) is 0 Å². The Hall–Kier alpha value is -3.58. The van der Waals surface area contributed by atoms with E-state index in [0.29, 0.717) is 19.3 Å². The predicted molar refractivity (Wildman–Crippen MR) is 294 cm³/mol. The monoisotopic (exact) mass is 1030 g/mol. The highest BCUT2D eigenvalue weighted by Gasteiger charge is 2.50. The van der Waals surface area contributed by atoms with E-state index < -0.39 is 67.3 Å². The number of unbranched alkanes of at least 4 members (excludes halogenated alkanes) is 25. The molecular weight excluding hydrogens is 925 g/mol. The van der Waals surface area contributed by atoms with Crippen molar-refractivity contribution in [2.24, 2.45) is 0 Å². The lowest BCUT2D eigenvalue weighted by atomic mass is 9.98. The highest BCUT2D eigenvalue weighted by Crippen LogP contribution is 2.26. The molecule has 73 heavy (non-hydrogen) atoms. The number of rotatable bonds is 49. The van der Waals surface area contributed by atoms with Crippen LogP contribution in [0, 0.1) is 0 Å². The normalized spacial score (nSPS) is 18.7. The number of hydrogen-bond acceptors (Lipinski definition) is 11. The Morgan fingerprint density at radius 1 is 0.466 bits per heavy atom. The molecule has 1 aliphatic rings. The van der Waals surface area contributed by atoms with Crippen LogP contribution >= 0.6 is 0 Å². The minimum absolute atomic E-state index is 0.0449. The van der Waals surface area contributed by atoms with Crippen LogP contribution in [0.4, 0.5) is 0 Å². The number of allylic oxidation sites excluding steroid dienone is 10. The van der Waals surface area contributed by atoms with Crippen molar-refractivity contribution in [2.75, 3.05) is 13.2 Å². The summed E-state index contributed by atoms with van der Waals surface area (Å²) in [6.07, 6.45) is 47.8. The summed E-state index contributed by atoms with van der Waals surface area (Å²) >= 11 is 0. The first kappa shape index (κ1) is 67.4. The third-order valence-corrected chi connectivity index (χ3v) is 13.1. The topological polar surface area (TPSA) is 175 Å². The Morgan fingerprint density at radius 2 is 0.877 bits per heavy atom. The maximum Gasteiger partial charge on any atom is 0.335 e. The number of carboxylic acids is 1. The zero-order valence-electron chi connectivity index (χ0n) is 46.1. The molecular formula is C61H104O12. The van der Waals surface area contributed by atoms with Gasteiger partial charge in [0.05, 0.1) is 6.61 Å². The highest BCUT2D eigenvalue weighted by atomic mass is 16.7. The van der Waals surface area contributed by atoms with Gasteiger partial charge in [-0.05, 0) is 77.0 Å². The van der Waals surface area contributed by atoms with Crippen molar-refractivity contribution < 1.29 is 58.2 Å². The number of hydrogen-bond donors (Lipinski definition) is 3. The first-order chi connectivity index (χ1) is 35.6. The lowest BCUT2D eigenvalue weighted by molar-refractivity contribution is -0.301. The molecule has 3 N–H and O–H groups in total. The average molecular weight is 1030 g/mol. The third-order valence-electron chi connectivity index (χ3n) is 13.1. The molecule has 0 bridgehead atoms. The second kappa shape index (κ2) is 49.3. The molecule has 420 valence electrons. The number of carbonyl (C=O) groups excluding carboxylic acids is 3. The number of carboxylic acid groups (broad SMARTS) is 1. The summed E-state index contributed by atoms with van der Waals surface area (Å²) in [5.74, 6) is -3.18. The first-order valence-corrected chi connectivity index (χ1v) is 29.3. The zero-order valence-corrected chi connectivity index (χ0v) is 46.1. The molecule has 0 spiro atoms. The summed E-state index contributed by atoms with van der Waals surface area (Å²) in [5.41, 5.74) is 0. The molecule has 0 amide bonds. The molecule has 0 aromatic carbocycles. The quantitative estimate of drug-likeness (QED) is 0.0228. The Labute approximate surface area is 443 Å². The molecule has 0 radical (unpaired) electrons. The van der Waals surface area contributed by atoms with E-state index in [0.717, 1.165) is 96.3 Å². The summed E-state index contributed by atoms with van der Waals surface area (Å²) < 4.78 is 28.3. The van der Waals surface area contributed by atoms with E-state index in [-0.39, 0.29) is 25.9 Å². The van der Waals surface area contributed by atoms with Crippen LogP contribution in [-0.4, -0.2) is 89.2 Å². The van der Waals surface area contributed by atoms with E-state index in [1.807, 2.05) is 0 Å². The predicted octanol–water partition coefficient (Wildman–Crippen LogP) is 14.8. The van der Waals surface area contributed by atoms with Gasteiger partial charge in [0.15, 0.2) is 24.6 Å². The summed E-state index contributed by atoms with van der Waals surface area (Å²) in [6, 6.07) is 0. The maximum atomic E-state index is 13.1. The van der Waals surface area contributed by atoms with Gasteiger partial charge in [0.25, 0.3) is 0 Å². The minimum atomic E-state index is -1.91. The van der Waals surface area contributed by atoms with E-state index in [2.05, 4.69) is 81.5 Å². The van der Waals surface area contributed by atoms with Gasteiger partial charge in [0, 0.05) is 19.3 Å². The molecule has 1 fully saturated rings. The van der Waals surface area contributed by atoms with Gasteiger partial charge < -0.3 is 39.0 Å². The second-order valence-electron chi connectivity index (χ2n) is 19.9. The number of carbonyl (C=O) groups is 4. The lowest BCUT2D eigenvalue weighted by Gasteiger charge is -2.40. The molecule has 1 aliphatic heterocycles. The molecule has 0 aliphatic carbocycles. The lowest BCUT2D eigenvalue weighted by Crippen LogP contribution is -2.61. The van der Waals surface area contributed by atoms with Gasteiger partial charge in [-0.1, -0.05) is 216 Å². The molecule has 6 unspecified atom stereocenters. The fraction of sp³-hybridized carbons (Fsp3) is 0.770. The summed E-state index contributed by atoms with van der Waals surface area (Å²) in [4.78, 5) is 51.0. The number of ether oxygens (including phenoxy) is 5. The Balaban J connectivity index is 2.71. The largest absolute Gasteiger partial charge is 0.479 e. The van der Waals surface area contributed by atoms with Crippen LogP contribution in [0.5, 0.6) is 0 Å². The first-order valence-electron chi connectivity index (χ1n) is 29.3. The van der Waals surface area contributed by atoms with Gasteiger partial charge in [-0.2, -0.15) is 0 Å². The molecule has 6 atom stereocenters. The molecule has 1 saturated heterocycles. The second-order valence-corrected chi connectivity index (χ2v) is 19.9. The van der Waals surface area contributed by atoms with Crippen LogP contribution in [0.1, 0.15) is 252 Å². The fourth-order valence-electron chi connectivity index (χ4n) is 8.58. The molecule has 1 heterocycles. The SMILES string of the molecule is CC/C=C\C/C=C\C/C=C\C/C=C\CCCCC(=O)OC(COC(=O)CCCCCCCCCCCCCCCCCCC)COC1OC(C(=O)O)C(O)C(O)C1OC(=O)CCCCCCC/C=C\CCCC. The van der Waals surface area contributed by atoms with E-state index in [4.69, 9.17) is 23.7 Å². The van der Waals surface area contributed by atoms with E-state index in [9.17, 15) is 34.5 Å². The Kier molecular flexibility index (Phi) is 45.5. The molecule has 0 aromatic heterocycles. The molecule has 1 rings (SSSR count). The molecule has 0 saturated carbocycles. The van der Waals surface area contributed by atoms with Crippen molar-refractivity contribution >= 4 is 23.9 Å². The van der Waals surface area contributed by atoms with E-state index >= 15 is 0 Å². The van der Waals surface area contributed by atoms with Gasteiger partial charge in [-0.3, -0.25) is 14.4 Å². The van der Waals surface area contributed by atoms with Gasteiger partial charge in [0.1, 0.15) is 18.8 Å².